The van der Waals surface area contributed by atoms with Gasteiger partial charge in [-0.1, -0.05) is 49.2 Å². The Hall–Kier alpha value is -4.93. The first-order valence-corrected chi connectivity index (χ1v) is 16.2. The summed E-state index contributed by atoms with van der Waals surface area (Å²) >= 11 is 7.43. The molecule has 0 radical (unpaired) electrons. The molecule has 0 spiro atoms. The third kappa shape index (κ3) is 8.46. The zero-order chi connectivity index (χ0) is 33.3. The highest BCUT2D eigenvalue weighted by molar-refractivity contribution is 8.00. The molecule has 0 aliphatic carbocycles. The highest BCUT2D eigenvalue weighted by Gasteiger charge is 2.40. The van der Waals surface area contributed by atoms with Crippen LogP contribution < -0.4 is 20.3 Å². The van der Waals surface area contributed by atoms with Gasteiger partial charge in [-0.25, -0.2) is 9.29 Å². The maximum Gasteiger partial charge on any atom is 0.272 e. The van der Waals surface area contributed by atoms with E-state index in [1.54, 1.807) is 78.9 Å². The van der Waals surface area contributed by atoms with Crippen LogP contribution in [-0.4, -0.2) is 35.5 Å². The molecule has 0 saturated carbocycles. The van der Waals surface area contributed by atoms with Crippen LogP contribution in [0.15, 0.2) is 108 Å². The fourth-order valence-electron chi connectivity index (χ4n) is 4.71. The Morgan fingerprint density at radius 3 is 2.38 bits per heavy atom. The van der Waals surface area contributed by atoms with Crippen LogP contribution in [0.5, 0.6) is 5.75 Å². The number of benzene rings is 4. The molecule has 8 nitrogen and oxygen atoms in total. The highest BCUT2D eigenvalue weighted by atomic mass is 35.5. The standard InChI is InChI=1S/C36H31ClFN3O5S/c1-2-3-20-46-26-16-14-25(15-17-26)41-33(42)22-32(36(41)45)47-27-18-12-24(13-19-27)39-35(44)31(21-28-29(37)10-7-11-30(28)38)40-34(43)23-8-5-4-6-9-23/h4-19,21,32H,2-3,20,22H2,1H3,(H,39,44)(H,40,43)/b31-21-. The molecule has 1 heterocycles. The van der Waals surface area contributed by atoms with E-state index in [9.17, 15) is 23.6 Å². The molecule has 4 aromatic carbocycles. The van der Waals surface area contributed by atoms with Gasteiger partial charge in [-0.2, -0.15) is 0 Å². The molecule has 2 N–H and O–H groups in total. The topological polar surface area (TPSA) is 105 Å². The zero-order valence-corrected chi connectivity index (χ0v) is 26.9. The van der Waals surface area contributed by atoms with Crippen molar-refractivity contribution in [3.63, 3.8) is 0 Å². The molecule has 4 amide bonds. The van der Waals surface area contributed by atoms with Crippen molar-refractivity contribution in [3.8, 4) is 5.75 Å². The minimum atomic E-state index is -0.706. The maximum atomic E-state index is 14.6. The van der Waals surface area contributed by atoms with Gasteiger partial charge in [0.1, 0.15) is 17.3 Å². The van der Waals surface area contributed by atoms with Crippen molar-refractivity contribution in [2.45, 2.75) is 36.3 Å². The predicted octanol–water partition coefficient (Wildman–Crippen LogP) is 7.49. The van der Waals surface area contributed by atoms with E-state index >= 15 is 0 Å². The summed E-state index contributed by atoms with van der Waals surface area (Å²) in [6.45, 7) is 2.68. The van der Waals surface area contributed by atoms with E-state index in [0.717, 1.165) is 12.8 Å². The van der Waals surface area contributed by atoms with E-state index in [1.165, 1.54) is 40.9 Å². The van der Waals surface area contributed by atoms with E-state index in [2.05, 4.69) is 17.6 Å². The van der Waals surface area contributed by atoms with Gasteiger partial charge >= 0.3 is 0 Å². The van der Waals surface area contributed by atoms with Crippen molar-refractivity contribution in [1.29, 1.82) is 0 Å². The molecular weight excluding hydrogens is 641 g/mol. The van der Waals surface area contributed by atoms with Crippen molar-refractivity contribution in [3.05, 3.63) is 125 Å². The Kier molecular flexibility index (Phi) is 11.1. The summed E-state index contributed by atoms with van der Waals surface area (Å²) in [7, 11) is 0. The number of amides is 4. The third-order valence-electron chi connectivity index (χ3n) is 7.17. The van der Waals surface area contributed by atoms with Gasteiger partial charge in [0, 0.05) is 28.1 Å². The number of nitrogens with one attached hydrogen (secondary N) is 2. The molecule has 1 saturated heterocycles. The summed E-state index contributed by atoms with van der Waals surface area (Å²) in [5.41, 5.74) is 0.902. The molecular formula is C36H31ClFN3O5S. The summed E-state index contributed by atoms with van der Waals surface area (Å²) in [5, 5.41) is 4.72. The minimum absolute atomic E-state index is 0.0462. The van der Waals surface area contributed by atoms with Crippen LogP contribution in [0.2, 0.25) is 5.02 Å². The van der Waals surface area contributed by atoms with Gasteiger partial charge in [-0.05, 0) is 85.3 Å². The number of nitrogens with zero attached hydrogens (tertiary/aromatic N) is 1. The second-order valence-electron chi connectivity index (χ2n) is 10.6. The lowest BCUT2D eigenvalue weighted by atomic mass is 10.1. The van der Waals surface area contributed by atoms with Crippen molar-refractivity contribution < 1.29 is 28.3 Å². The minimum Gasteiger partial charge on any atom is -0.494 e. The number of hydrogen-bond acceptors (Lipinski definition) is 6. The number of unbranched alkanes of at least 4 members (excludes halogenated alkanes) is 1. The van der Waals surface area contributed by atoms with Crippen LogP contribution in [0.1, 0.15) is 42.1 Å². The summed E-state index contributed by atoms with van der Waals surface area (Å²) in [4.78, 5) is 54.2. The number of halogens is 2. The van der Waals surface area contributed by atoms with Crippen LogP contribution in [0.4, 0.5) is 15.8 Å². The summed E-state index contributed by atoms with van der Waals surface area (Å²) in [5.74, 6) is -1.85. The monoisotopic (exact) mass is 671 g/mol. The van der Waals surface area contributed by atoms with Crippen molar-refractivity contribution in [1.82, 2.24) is 5.32 Å². The SMILES string of the molecule is CCCCOc1ccc(N2C(=O)CC(Sc3ccc(NC(=O)/C(=C/c4c(F)cccc4Cl)NC(=O)c4ccccc4)cc3)C2=O)cc1. The number of carbonyl (C=O) groups excluding carboxylic acids is 4. The number of imide groups is 1. The molecule has 5 rings (SSSR count). The Labute approximate surface area is 280 Å². The molecule has 0 aromatic heterocycles. The molecule has 1 atom stereocenters. The van der Waals surface area contributed by atoms with E-state index < -0.39 is 22.9 Å². The Morgan fingerprint density at radius 1 is 0.979 bits per heavy atom. The second kappa shape index (κ2) is 15.6. The largest absolute Gasteiger partial charge is 0.494 e. The zero-order valence-electron chi connectivity index (χ0n) is 25.4. The van der Waals surface area contributed by atoms with E-state index in [1.807, 2.05) is 0 Å². The van der Waals surface area contributed by atoms with Crippen LogP contribution in [0.25, 0.3) is 6.08 Å². The molecule has 240 valence electrons. The van der Waals surface area contributed by atoms with Crippen molar-refractivity contribution in [2.75, 3.05) is 16.8 Å². The Morgan fingerprint density at radius 2 is 1.70 bits per heavy atom. The number of hydrogen-bond donors (Lipinski definition) is 2. The molecule has 4 aromatic rings. The van der Waals surface area contributed by atoms with E-state index in [4.69, 9.17) is 16.3 Å². The normalized spacial score (nSPS) is 14.7. The number of ether oxygens (including phenoxy) is 1. The average Bonchev–Trinajstić information content (AvgIpc) is 3.35. The lowest BCUT2D eigenvalue weighted by Gasteiger charge is -2.16. The van der Waals surface area contributed by atoms with Gasteiger partial charge in [-0.3, -0.25) is 19.2 Å². The molecule has 1 unspecified atom stereocenters. The lowest BCUT2D eigenvalue weighted by molar-refractivity contribution is -0.121. The third-order valence-corrected chi connectivity index (χ3v) is 8.70. The first-order valence-electron chi connectivity index (χ1n) is 14.9. The van der Waals surface area contributed by atoms with Gasteiger partial charge in [0.05, 0.1) is 22.6 Å². The lowest BCUT2D eigenvalue weighted by Crippen LogP contribution is -2.31. The van der Waals surface area contributed by atoms with E-state index in [-0.39, 0.29) is 34.5 Å². The maximum absolute atomic E-state index is 14.6. The van der Waals surface area contributed by atoms with Gasteiger partial charge < -0.3 is 15.4 Å². The fourth-order valence-corrected chi connectivity index (χ4v) is 5.98. The highest BCUT2D eigenvalue weighted by Crippen LogP contribution is 2.35. The summed E-state index contributed by atoms with van der Waals surface area (Å²) < 4.78 is 20.3. The Balaban J connectivity index is 1.26. The smallest absolute Gasteiger partial charge is 0.272 e. The van der Waals surface area contributed by atoms with Crippen LogP contribution in [-0.2, 0) is 14.4 Å². The van der Waals surface area contributed by atoms with Gasteiger partial charge in [0.2, 0.25) is 11.8 Å². The van der Waals surface area contributed by atoms with Crippen LogP contribution in [0.3, 0.4) is 0 Å². The second-order valence-corrected chi connectivity index (χ2v) is 12.2. The molecule has 47 heavy (non-hydrogen) atoms. The van der Waals surface area contributed by atoms with Crippen LogP contribution >= 0.6 is 23.4 Å². The van der Waals surface area contributed by atoms with Crippen LogP contribution in [0, 0.1) is 5.82 Å². The van der Waals surface area contributed by atoms with Gasteiger partial charge in [-0.15, -0.1) is 11.8 Å². The Bertz CT molecular complexity index is 1780. The van der Waals surface area contributed by atoms with Gasteiger partial charge in [0.15, 0.2) is 0 Å². The first kappa shape index (κ1) is 33.4. The predicted molar refractivity (Wildman–Crippen MR) is 182 cm³/mol. The first-order chi connectivity index (χ1) is 22.7. The molecule has 1 fully saturated rings. The van der Waals surface area contributed by atoms with Crippen molar-refractivity contribution >= 4 is 64.4 Å². The van der Waals surface area contributed by atoms with Crippen molar-refractivity contribution in [2.24, 2.45) is 0 Å². The molecule has 11 heteroatoms. The molecule has 1 aliphatic heterocycles. The molecule has 1 aliphatic rings. The van der Waals surface area contributed by atoms with E-state index in [0.29, 0.717) is 34.2 Å². The number of carbonyl (C=O) groups is 4. The number of anilines is 2. The fraction of sp³-hybridized carbons (Fsp3) is 0.167. The number of rotatable bonds is 12. The molecule has 0 bridgehead atoms. The number of thioether (sulfide) groups is 1. The summed E-state index contributed by atoms with van der Waals surface area (Å²) in [6, 6.07) is 26.0. The quantitative estimate of drug-likeness (QED) is 0.0919. The van der Waals surface area contributed by atoms with Gasteiger partial charge in [0.25, 0.3) is 11.8 Å². The summed E-state index contributed by atoms with van der Waals surface area (Å²) in [6.07, 6.45) is 3.18. The average molecular weight is 672 g/mol.